The molecule has 0 radical (unpaired) electrons. The van der Waals surface area contributed by atoms with E-state index >= 15 is 0 Å². The fraction of sp³-hybridized carbons (Fsp3) is 0.412. The van der Waals surface area contributed by atoms with E-state index in [0.29, 0.717) is 6.54 Å². The molecule has 5 heteroatoms. The first-order valence-electron chi connectivity index (χ1n) is 7.55. The number of guanidine groups is 1. The van der Waals surface area contributed by atoms with Crippen LogP contribution in [-0.4, -0.2) is 36.5 Å². The maximum Gasteiger partial charge on any atom is 0.193 e. The molecule has 0 bridgehead atoms. The number of aryl methyl sites for hydroxylation is 2. The average molecular weight is 316 g/mol. The van der Waals surface area contributed by atoms with Crippen LogP contribution >= 0.6 is 11.3 Å². The molecule has 0 aliphatic rings. The zero-order valence-electron chi connectivity index (χ0n) is 13.5. The SMILES string of the molecule is Cc1csc(CCCNC(=NCc2ccccc2)N(C)C)n1. The number of aromatic nitrogens is 1. The highest BCUT2D eigenvalue weighted by Gasteiger charge is 2.02. The topological polar surface area (TPSA) is 40.5 Å². The molecule has 0 amide bonds. The Hall–Kier alpha value is -1.88. The lowest BCUT2D eigenvalue weighted by atomic mass is 10.2. The summed E-state index contributed by atoms with van der Waals surface area (Å²) in [6.07, 6.45) is 2.08. The molecule has 0 fully saturated rings. The number of hydrogen-bond donors (Lipinski definition) is 1. The van der Waals surface area contributed by atoms with Gasteiger partial charge in [0, 0.05) is 38.1 Å². The van der Waals surface area contributed by atoms with Crippen LogP contribution < -0.4 is 5.32 Å². The quantitative estimate of drug-likeness (QED) is 0.506. The second-order valence-corrected chi connectivity index (χ2v) is 6.38. The smallest absolute Gasteiger partial charge is 0.193 e. The zero-order valence-corrected chi connectivity index (χ0v) is 14.4. The molecule has 0 saturated heterocycles. The Bertz CT molecular complexity index is 590. The molecule has 0 atom stereocenters. The van der Waals surface area contributed by atoms with Crippen molar-refractivity contribution in [2.24, 2.45) is 4.99 Å². The summed E-state index contributed by atoms with van der Waals surface area (Å²) < 4.78 is 0. The van der Waals surface area contributed by atoms with E-state index in [4.69, 9.17) is 0 Å². The van der Waals surface area contributed by atoms with Gasteiger partial charge in [-0.3, -0.25) is 0 Å². The Balaban J connectivity index is 1.79. The minimum Gasteiger partial charge on any atom is -0.356 e. The van der Waals surface area contributed by atoms with Crippen LogP contribution in [-0.2, 0) is 13.0 Å². The molecule has 4 nitrogen and oxygen atoms in total. The number of rotatable bonds is 6. The summed E-state index contributed by atoms with van der Waals surface area (Å²) in [7, 11) is 4.03. The molecule has 1 N–H and O–H groups in total. The third-order valence-electron chi connectivity index (χ3n) is 3.19. The molecule has 0 aliphatic heterocycles. The highest BCUT2D eigenvalue weighted by atomic mass is 32.1. The summed E-state index contributed by atoms with van der Waals surface area (Å²) >= 11 is 1.74. The predicted octanol–water partition coefficient (Wildman–Crippen LogP) is 3.09. The van der Waals surface area contributed by atoms with Gasteiger partial charge >= 0.3 is 0 Å². The minimum absolute atomic E-state index is 0.701. The van der Waals surface area contributed by atoms with E-state index in [1.54, 1.807) is 11.3 Å². The standard InChI is InChI=1S/C17H24N4S/c1-14-13-22-16(20-14)10-7-11-18-17(21(2)3)19-12-15-8-5-4-6-9-15/h4-6,8-9,13H,7,10-12H2,1-3H3,(H,18,19). The molecule has 0 spiro atoms. The van der Waals surface area contributed by atoms with Crippen LogP contribution in [0.15, 0.2) is 40.7 Å². The molecule has 1 aromatic heterocycles. The third kappa shape index (κ3) is 5.48. The van der Waals surface area contributed by atoms with Crippen molar-refractivity contribution in [3.8, 4) is 0 Å². The fourth-order valence-corrected chi connectivity index (χ4v) is 2.88. The second-order valence-electron chi connectivity index (χ2n) is 5.43. The lowest BCUT2D eigenvalue weighted by molar-refractivity contribution is 0.574. The van der Waals surface area contributed by atoms with Crippen molar-refractivity contribution in [2.75, 3.05) is 20.6 Å². The number of nitrogens with one attached hydrogen (secondary N) is 1. The molecule has 2 aromatic rings. The van der Waals surface area contributed by atoms with Crippen molar-refractivity contribution >= 4 is 17.3 Å². The normalized spacial score (nSPS) is 11.5. The summed E-state index contributed by atoms with van der Waals surface area (Å²) in [5, 5.41) is 6.74. The minimum atomic E-state index is 0.701. The molecule has 118 valence electrons. The summed E-state index contributed by atoms with van der Waals surface area (Å²) in [6.45, 7) is 3.65. The van der Waals surface area contributed by atoms with Crippen LogP contribution in [0.5, 0.6) is 0 Å². The monoisotopic (exact) mass is 316 g/mol. The molecular formula is C17H24N4S. The summed E-state index contributed by atoms with van der Waals surface area (Å²) in [6, 6.07) is 10.3. The average Bonchev–Trinajstić information content (AvgIpc) is 2.92. The lowest BCUT2D eigenvalue weighted by Gasteiger charge is -2.17. The first kappa shape index (κ1) is 16.5. The van der Waals surface area contributed by atoms with Crippen LogP contribution in [0.3, 0.4) is 0 Å². The largest absolute Gasteiger partial charge is 0.356 e. The van der Waals surface area contributed by atoms with Gasteiger partial charge in [-0.2, -0.15) is 0 Å². The first-order valence-corrected chi connectivity index (χ1v) is 8.43. The van der Waals surface area contributed by atoms with Gasteiger partial charge < -0.3 is 10.2 Å². The number of aliphatic imine (C=N–C) groups is 1. The highest BCUT2D eigenvalue weighted by Crippen LogP contribution is 2.10. The Labute approximate surface area is 136 Å². The number of hydrogen-bond acceptors (Lipinski definition) is 3. The van der Waals surface area contributed by atoms with Crippen molar-refractivity contribution in [3.05, 3.63) is 52.0 Å². The van der Waals surface area contributed by atoms with Crippen LogP contribution in [0.4, 0.5) is 0 Å². The molecule has 1 heterocycles. The van der Waals surface area contributed by atoms with Gasteiger partial charge in [-0.05, 0) is 18.9 Å². The van der Waals surface area contributed by atoms with E-state index in [0.717, 1.165) is 31.0 Å². The van der Waals surface area contributed by atoms with E-state index in [1.807, 2.05) is 44.1 Å². The number of thiazole rings is 1. The van der Waals surface area contributed by atoms with Gasteiger partial charge in [-0.15, -0.1) is 11.3 Å². The van der Waals surface area contributed by atoms with Crippen LogP contribution in [0.25, 0.3) is 0 Å². The van der Waals surface area contributed by atoms with Crippen molar-refractivity contribution < 1.29 is 0 Å². The van der Waals surface area contributed by atoms with Crippen molar-refractivity contribution in [2.45, 2.75) is 26.3 Å². The zero-order chi connectivity index (χ0) is 15.8. The Morgan fingerprint density at radius 2 is 2.05 bits per heavy atom. The number of benzene rings is 1. The van der Waals surface area contributed by atoms with Gasteiger partial charge in [-0.1, -0.05) is 30.3 Å². The van der Waals surface area contributed by atoms with E-state index in [1.165, 1.54) is 10.6 Å². The summed E-state index contributed by atoms with van der Waals surface area (Å²) in [5.41, 5.74) is 2.34. The van der Waals surface area contributed by atoms with Crippen molar-refractivity contribution in [1.29, 1.82) is 0 Å². The predicted molar refractivity (Wildman–Crippen MR) is 94.4 cm³/mol. The van der Waals surface area contributed by atoms with Gasteiger partial charge in [0.05, 0.1) is 11.6 Å². The van der Waals surface area contributed by atoms with E-state index in [-0.39, 0.29) is 0 Å². The lowest BCUT2D eigenvalue weighted by Crippen LogP contribution is -2.37. The van der Waals surface area contributed by atoms with Gasteiger partial charge in [0.2, 0.25) is 0 Å². The Kier molecular flexibility index (Phi) is 6.40. The molecule has 0 saturated carbocycles. The molecule has 2 rings (SSSR count). The van der Waals surface area contributed by atoms with Crippen LogP contribution in [0, 0.1) is 6.92 Å². The van der Waals surface area contributed by atoms with Crippen LogP contribution in [0.1, 0.15) is 22.7 Å². The van der Waals surface area contributed by atoms with Crippen LogP contribution in [0.2, 0.25) is 0 Å². The van der Waals surface area contributed by atoms with Gasteiger partial charge in [-0.25, -0.2) is 9.98 Å². The van der Waals surface area contributed by atoms with E-state index < -0.39 is 0 Å². The maximum absolute atomic E-state index is 4.66. The fourth-order valence-electron chi connectivity index (χ4n) is 2.06. The van der Waals surface area contributed by atoms with Crippen molar-refractivity contribution in [1.82, 2.24) is 15.2 Å². The summed E-state index contributed by atoms with van der Waals surface area (Å²) in [5.74, 6) is 0.930. The highest BCUT2D eigenvalue weighted by molar-refractivity contribution is 7.09. The van der Waals surface area contributed by atoms with Gasteiger partial charge in [0.15, 0.2) is 5.96 Å². The van der Waals surface area contributed by atoms with E-state index in [9.17, 15) is 0 Å². The molecule has 22 heavy (non-hydrogen) atoms. The summed E-state index contributed by atoms with van der Waals surface area (Å²) in [4.78, 5) is 11.2. The molecule has 0 aliphatic carbocycles. The molecule has 1 aromatic carbocycles. The third-order valence-corrected chi connectivity index (χ3v) is 4.22. The Morgan fingerprint density at radius 3 is 2.68 bits per heavy atom. The Morgan fingerprint density at radius 1 is 1.27 bits per heavy atom. The second kappa shape index (κ2) is 8.54. The first-order chi connectivity index (χ1) is 10.6. The van der Waals surface area contributed by atoms with E-state index in [2.05, 4.69) is 32.8 Å². The molecule has 0 unspecified atom stereocenters. The van der Waals surface area contributed by atoms with Gasteiger partial charge in [0.25, 0.3) is 0 Å². The molecular weight excluding hydrogens is 292 g/mol. The van der Waals surface area contributed by atoms with Gasteiger partial charge in [0.1, 0.15) is 0 Å². The maximum atomic E-state index is 4.66. The van der Waals surface area contributed by atoms with Crippen molar-refractivity contribution in [3.63, 3.8) is 0 Å². The number of nitrogens with zero attached hydrogens (tertiary/aromatic N) is 3.